The van der Waals surface area contributed by atoms with E-state index < -0.39 is 0 Å². The van der Waals surface area contributed by atoms with Crippen LogP contribution in [0, 0.1) is 0 Å². The van der Waals surface area contributed by atoms with Gasteiger partial charge in [-0.3, -0.25) is 0 Å². The van der Waals surface area contributed by atoms with Crippen molar-refractivity contribution in [1.29, 1.82) is 0 Å². The average Bonchev–Trinajstić information content (AvgIpc) is 2.85. The van der Waals surface area contributed by atoms with Gasteiger partial charge in [-0.1, -0.05) is 0 Å². The summed E-state index contributed by atoms with van der Waals surface area (Å²) in [5.41, 5.74) is -0.0826. The highest BCUT2D eigenvalue weighted by molar-refractivity contribution is 4.96. The van der Waals surface area contributed by atoms with Gasteiger partial charge in [-0.2, -0.15) is 0 Å². The van der Waals surface area contributed by atoms with Crippen LogP contribution in [0.1, 0.15) is 19.3 Å². The Balaban J connectivity index is 1.80. The molecule has 88 valence electrons. The molecule has 0 saturated carbocycles. The van der Waals surface area contributed by atoms with Crippen molar-refractivity contribution in [2.75, 3.05) is 39.9 Å². The highest BCUT2D eigenvalue weighted by atomic mass is 16.5. The predicted molar refractivity (Wildman–Crippen MR) is 58.9 cm³/mol. The van der Waals surface area contributed by atoms with Crippen molar-refractivity contribution >= 4 is 0 Å². The van der Waals surface area contributed by atoms with Crippen LogP contribution in [0.4, 0.5) is 0 Å². The zero-order valence-corrected chi connectivity index (χ0v) is 9.54. The summed E-state index contributed by atoms with van der Waals surface area (Å²) < 4.78 is 5.57. The van der Waals surface area contributed by atoms with Crippen molar-refractivity contribution in [1.82, 2.24) is 10.2 Å². The van der Waals surface area contributed by atoms with Crippen LogP contribution in [0.25, 0.3) is 0 Å². The van der Waals surface area contributed by atoms with E-state index in [1.807, 2.05) is 0 Å². The van der Waals surface area contributed by atoms with Gasteiger partial charge in [-0.15, -0.1) is 0 Å². The van der Waals surface area contributed by atoms with E-state index >= 15 is 0 Å². The highest BCUT2D eigenvalue weighted by Crippen LogP contribution is 2.20. The number of rotatable bonds is 4. The first-order chi connectivity index (χ1) is 7.24. The van der Waals surface area contributed by atoms with Crippen LogP contribution in [0.3, 0.4) is 0 Å². The molecule has 2 aliphatic heterocycles. The summed E-state index contributed by atoms with van der Waals surface area (Å²) in [4.78, 5) is 2.26. The largest absolute Gasteiger partial charge is 0.394 e. The fourth-order valence-corrected chi connectivity index (χ4v) is 2.54. The van der Waals surface area contributed by atoms with E-state index in [-0.39, 0.29) is 12.1 Å². The number of ether oxygens (including phenoxy) is 1. The molecule has 0 aromatic heterocycles. The van der Waals surface area contributed by atoms with Gasteiger partial charge in [-0.25, -0.2) is 0 Å². The maximum Gasteiger partial charge on any atom is 0.0700 e. The van der Waals surface area contributed by atoms with Crippen LogP contribution >= 0.6 is 0 Å². The molecule has 4 nitrogen and oxygen atoms in total. The number of likely N-dealkylation sites (tertiary alicyclic amines) is 1. The molecule has 4 heteroatoms. The molecule has 0 radical (unpaired) electrons. The van der Waals surface area contributed by atoms with E-state index in [0.29, 0.717) is 6.10 Å². The molecule has 2 N–H and O–H groups in total. The molecule has 2 saturated heterocycles. The zero-order chi connectivity index (χ0) is 10.7. The van der Waals surface area contributed by atoms with Crippen molar-refractivity contribution in [3.05, 3.63) is 0 Å². The summed E-state index contributed by atoms with van der Waals surface area (Å²) >= 11 is 0. The van der Waals surface area contributed by atoms with E-state index in [2.05, 4.69) is 17.3 Å². The van der Waals surface area contributed by atoms with Crippen molar-refractivity contribution < 1.29 is 9.84 Å². The monoisotopic (exact) mass is 214 g/mol. The minimum absolute atomic E-state index is 0.0826. The summed E-state index contributed by atoms with van der Waals surface area (Å²) in [5.74, 6) is 0. The van der Waals surface area contributed by atoms with Gasteiger partial charge in [0.05, 0.1) is 18.2 Å². The number of nitrogens with zero attached hydrogens (tertiary/aromatic N) is 1. The number of nitrogens with one attached hydrogen (secondary N) is 1. The van der Waals surface area contributed by atoms with E-state index in [4.69, 9.17) is 4.74 Å². The maximum absolute atomic E-state index is 9.48. The third kappa shape index (κ3) is 2.69. The van der Waals surface area contributed by atoms with Gasteiger partial charge >= 0.3 is 0 Å². The van der Waals surface area contributed by atoms with Gasteiger partial charge in [-0.05, 0) is 32.9 Å². The average molecular weight is 214 g/mol. The Morgan fingerprint density at radius 1 is 1.60 bits per heavy atom. The number of aliphatic hydroxyl groups is 1. The molecule has 0 amide bonds. The molecule has 15 heavy (non-hydrogen) atoms. The third-order valence-electron chi connectivity index (χ3n) is 3.58. The van der Waals surface area contributed by atoms with Crippen LogP contribution in [0.5, 0.6) is 0 Å². The Hall–Kier alpha value is -0.160. The molecule has 0 aromatic carbocycles. The van der Waals surface area contributed by atoms with Crippen LogP contribution < -0.4 is 5.32 Å². The Labute approximate surface area is 91.6 Å². The quantitative estimate of drug-likeness (QED) is 0.681. The fourth-order valence-electron chi connectivity index (χ4n) is 2.54. The van der Waals surface area contributed by atoms with Crippen molar-refractivity contribution in [3.8, 4) is 0 Å². The lowest BCUT2D eigenvalue weighted by molar-refractivity contribution is 0.0895. The summed E-state index contributed by atoms with van der Waals surface area (Å²) in [6.45, 7) is 4.02. The minimum atomic E-state index is -0.0826. The van der Waals surface area contributed by atoms with Gasteiger partial charge < -0.3 is 20.1 Å². The fraction of sp³-hybridized carbons (Fsp3) is 1.00. The Morgan fingerprint density at radius 3 is 3.00 bits per heavy atom. The van der Waals surface area contributed by atoms with Crippen molar-refractivity contribution in [2.24, 2.45) is 0 Å². The lowest BCUT2D eigenvalue weighted by atomic mass is 9.99. The van der Waals surface area contributed by atoms with Gasteiger partial charge in [0.25, 0.3) is 0 Å². The number of hydrogen-bond donors (Lipinski definition) is 2. The lowest BCUT2D eigenvalue weighted by Gasteiger charge is -2.29. The number of hydrogen-bond acceptors (Lipinski definition) is 4. The molecule has 2 aliphatic rings. The summed E-state index contributed by atoms with van der Waals surface area (Å²) in [7, 11) is 2.10. The Kier molecular flexibility index (Phi) is 3.61. The smallest absolute Gasteiger partial charge is 0.0700 e. The van der Waals surface area contributed by atoms with Crippen LogP contribution in [-0.4, -0.2) is 61.5 Å². The zero-order valence-electron chi connectivity index (χ0n) is 9.54. The Bertz CT molecular complexity index is 207. The van der Waals surface area contributed by atoms with E-state index in [0.717, 1.165) is 39.1 Å². The molecule has 0 bridgehead atoms. The van der Waals surface area contributed by atoms with Crippen molar-refractivity contribution in [3.63, 3.8) is 0 Å². The Morgan fingerprint density at radius 2 is 2.47 bits per heavy atom. The first-order valence-corrected chi connectivity index (χ1v) is 5.90. The number of aliphatic hydroxyl groups excluding tert-OH is 1. The second-order valence-electron chi connectivity index (χ2n) is 4.94. The van der Waals surface area contributed by atoms with Crippen LogP contribution in [-0.2, 0) is 4.74 Å². The molecule has 2 unspecified atom stereocenters. The molecule has 2 rings (SSSR count). The van der Waals surface area contributed by atoms with Gasteiger partial charge in [0.1, 0.15) is 0 Å². The molecule has 0 aliphatic carbocycles. The summed E-state index contributed by atoms with van der Waals surface area (Å²) in [6, 6.07) is 0. The highest BCUT2D eigenvalue weighted by Gasteiger charge is 2.36. The number of likely N-dealkylation sites (N-methyl/N-ethyl adjacent to an activating group) is 1. The summed E-state index contributed by atoms with van der Waals surface area (Å²) in [6.07, 6.45) is 3.73. The topological polar surface area (TPSA) is 44.7 Å². The van der Waals surface area contributed by atoms with Crippen molar-refractivity contribution in [2.45, 2.75) is 30.9 Å². The first kappa shape index (κ1) is 11.3. The first-order valence-electron chi connectivity index (χ1n) is 5.90. The van der Waals surface area contributed by atoms with Crippen LogP contribution in [0.15, 0.2) is 0 Å². The maximum atomic E-state index is 9.48. The SMILES string of the molecule is CN1CCC(CO)(NCC2CCCO2)C1. The predicted octanol–water partition coefficient (Wildman–Crippen LogP) is -0.178. The second-order valence-corrected chi connectivity index (χ2v) is 4.94. The van der Waals surface area contributed by atoms with Crippen LogP contribution in [0.2, 0.25) is 0 Å². The molecule has 0 spiro atoms. The van der Waals surface area contributed by atoms with Gasteiger partial charge in [0.2, 0.25) is 0 Å². The van der Waals surface area contributed by atoms with E-state index in [1.54, 1.807) is 0 Å². The second kappa shape index (κ2) is 4.78. The van der Waals surface area contributed by atoms with Gasteiger partial charge in [0, 0.05) is 19.7 Å². The molecule has 2 atom stereocenters. The molecular weight excluding hydrogens is 192 g/mol. The molecule has 2 fully saturated rings. The molecule has 2 heterocycles. The molecule has 0 aromatic rings. The minimum Gasteiger partial charge on any atom is -0.394 e. The standard InChI is InChI=1S/C11H22N2O2/c1-13-5-4-11(8-13,9-14)12-7-10-3-2-6-15-10/h10,12,14H,2-9H2,1H3. The summed E-state index contributed by atoms with van der Waals surface area (Å²) in [5, 5.41) is 13.0. The third-order valence-corrected chi connectivity index (χ3v) is 3.58. The van der Waals surface area contributed by atoms with E-state index in [9.17, 15) is 5.11 Å². The molecular formula is C11H22N2O2. The van der Waals surface area contributed by atoms with E-state index in [1.165, 1.54) is 6.42 Å². The lowest BCUT2D eigenvalue weighted by Crippen LogP contribution is -2.52. The van der Waals surface area contributed by atoms with Gasteiger partial charge in [0.15, 0.2) is 0 Å². The normalized spacial score (nSPS) is 37.6.